The van der Waals surface area contributed by atoms with E-state index < -0.39 is 12.0 Å². The molecule has 27 heavy (non-hydrogen) atoms. The van der Waals surface area contributed by atoms with Crippen LogP contribution in [0, 0.1) is 0 Å². The molecule has 0 spiro atoms. The maximum absolute atomic E-state index is 12.5. The highest BCUT2D eigenvalue weighted by Gasteiger charge is 2.29. The summed E-state index contributed by atoms with van der Waals surface area (Å²) in [6.07, 6.45) is 1.83. The van der Waals surface area contributed by atoms with Crippen LogP contribution in [0.2, 0.25) is 0 Å². The fourth-order valence-electron chi connectivity index (χ4n) is 2.93. The topological polar surface area (TPSA) is 87.7 Å². The third-order valence-corrected chi connectivity index (χ3v) is 4.24. The van der Waals surface area contributed by atoms with Gasteiger partial charge in [-0.3, -0.25) is 14.4 Å². The van der Waals surface area contributed by atoms with Crippen LogP contribution in [-0.4, -0.2) is 61.5 Å². The maximum Gasteiger partial charge on any atom is 0.325 e. The van der Waals surface area contributed by atoms with Crippen LogP contribution in [0.15, 0.2) is 30.3 Å². The Morgan fingerprint density at radius 1 is 1.30 bits per heavy atom. The van der Waals surface area contributed by atoms with Gasteiger partial charge in [-0.25, -0.2) is 0 Å². The lowest BCUT2D eigenvalue weighted by Crippen LogP contribution is -2.56. The molecule has 1 heterocycles. The van der Waals surface area contributed by atoms with Crippen LogP contribution in [0.4, 0.5) is 0 Å². The molecule has 1 aliphatic heterocycles. The molecule has 2 rings (SSSR count). The Morgan fingerprint density at radius 3 is 2.74 bits per heavy atom. The van der Waals surface area contributed by atoms with Gasteiger partial charge in [0.05, 0.1) is 19.1 Å². The molecule has 0 radical (unpaired) electrons. The van der Waals surface area contributed by atoms with E-state index in [1.165, 1.54) is 5.56 Å². The quantitative estimate of drug-likeness (QED) is 0.605. The molecule has 2 amide bonds. The Morgan fingerprint density at radius 2 is 2.04 bits per heavy atom. The first kappa shape index (κ1) is 22.9. The third kappa shape index (κ3) is 7.97. The predicted octanol–water partition coefficient (Wildman–Crippen LogP) is 0.911. The van der Waals surface area contributed by atoms with Crippen LogP contribution in [0.3, 0.4) is 0 Å². The molecule has 1 aliphatic rings. The van der Waals surface area contributed by atoms with Crippen molar-refractivity contribution < 1.29 is 19.1 Å². The van der Waals surface area contributed by atoms with Gasteiger partial charge in [-0.2, -0.15) is 0 Å². The number of esters is 1. The minimum atomic E-state index is -0.539. The SMILES string of the molecule is CCOC(=O)CNC(=O)CC1NCCN(CCCc2ccccc2)C1=O.Cl. The number of nitrogens with zero attached hydrogens (tertiary/aromatic N) is 1. The maximum atomic E-state index is 12.5. The molecule has 1 unspecified atom stereocenters. The fourth-order valence-corrected chi connectivity index (χ4v) is 2.93. The fraction of sp³-hybridized carbons (Fsp3) is 0.526. The molecule has 1 saturated heterocycles. The Labute approximate surface area is 166 Å². The van der Waals surface area contributed by atoms with Gasteiger partial charge < -0.3 is 20.3 Å². The number of halogens is 1. The van der Waals surface area contributed by atoms with Crippen LogP contribution in [0.5, 0.6) is 0 Å². The van der Waals surface area contributed by atoms with Crippen molar-refractivity contribution in [1.82, 2.24) is 15.5 Å². The summed E-state index contributed by atoms with van der Waals surface area (Å²) in [7, 11) is 0. The number of amides is 2. The molecular formula is C19H28ClN3O4. The standard InChI is InChI=1S/C19H27N3O4.ClH/c1-2-26-18(24)14-21-17(23)13-16-19(25)22(12-10-20-16)11-6-9-15-7-4-3-5-8-15;/h3-5,7-8,16,20H,2,6,9-14H2,1H3,(H,21,23);1H. The summed E-state index contributed by atoms with van der Waals surface area (Å²) in [6.45, 7) is 3.79. The highest BCUT2D eigenvalue weighted by molar-refractivity contribution is 5.90. The summed E-state index contributed by atoms with van der Waals surface area (Å²) < 4.78 is 4.76. The average molecular weight is 398 g/mol. The average Bonchev–Trinajstić information content (AvgIpc) is 2.64. The summed E-state index contributed by atoms with van der Waals surface area (Å²) in [5, 5.41) is 5.57. The van der Waals surface area contributed by atoms with Crippen LogP contribution in [-0.2, 0) is 25.5 Å². The molecular weight excluding hydrogens is 370 g/mol. The minimum Gasteiger partial charge on any atom is -0.465 e. The van der Waals surface area contributed by atoms with Gasteiger partial charge in [-0.05, 0) is 25.3 Å². The zero-order valence-electron chi connectivity index (χ0n) is 15.6. The van der Waals surface area contributed by atoms with Gasteiger partial charge in [-0.1, -0.05) is 30.3 Å². The van der Waals surface area contributed by atoms with Crippen molar-refractivity contribution in [3.05, 3.63) is 35.9 Å². The van der Waals surface area contributed by atoms with Crippen molar-refractivity contribution in [2.45, 2.75) is 32.2 Å². The Kier molecular flexibility index (Phi) is 10.4. The molecule has 0 aromatic heterocycles. The lowest BCUT2D eigenvalue weighted by atomic mass is 10.1. The van der Waals surface area contributed by atoms with Crippen molar-refractivity contribution in [2.75, 3.05) is 32.8 Å². The van der Waals surface area contributed by atoms with E-state index in [-0.39, 0.29) is 43.8 Å². The molecule has 8 heteroatoms. The Hall–Kier alpha value is -2.12. The first-order chi connectivity index (χ1) is 12.6. The number of benzene rings is 1. The molecule has 0 saturated carbocycles. The smallest absolute Gasteiger partial charge is 0.325 e. The third-order valence-electron chi connectivity index (χ3n) is 4.24. The lowest BCUT2D eigenvalue weighted by molar-refractivity contribution is -0.143. The van der Waals surface area contributed by atoms with Crippen molar-refractivity contribution in [2.24, 2.45) is 0 Å². The first-order valence-corrected chi connectivity index (χ1v) is 9.08. The zero-order valence-corrected chi connectivity index (χ0v) is 16.4. The number of hydrogen-bond donors (Lipinski definition) is 2. The normalized spacial score (nSPS) is 16.4. The van der Waals surface area contributed by atoms with E-state index in [9.17, 15) is 14.4 Å². The van der Waals surface area contributed by atoms with E-state index in [1.807, 2.05) is 23.1 Å². The van der Waals surface area contributed by atoms with E-state index in [2.05, 4.69) is 22.8 Å². The summed E-state index contributed by atoms with van der Waals surface area (Å²) in [5.74, 6) is -0.878. The van der Waals surface area contributed by atoms with E-state index in [1.54, 1.807) is 6.92 Å². The van der Waals surface area contributed by atoms with E-state index in [0.29, 0.717) is 19.6 Å². The van der Waals surface area contributed by atoms with Gasteiger partial charge in [0, 0.05) is 19.6 Å². The number of piperazine rings is 1. The van der Waals surface area contributed by atoms with Crippen molar-refractivity contribution in [1.29, 1.82) is 0 Å². The Balaban J connectivity index is 0.00000364. The minimum absolute atomic E-state index is 0. The van der Waals surface area contributed by atoms with Crippen LogP contribution in [0.25, 0.3) is 0 Å². The van der Waals surface area contributed by atoms with E-state index in [4.69, 9.17) is 4.74 Å². The van der Waals surface area contributed by atoms with Gasteiger partial charge >= 0.3 is 5.97 Å². The Bertz CT molecular complexity index is 612. The summed E-state index contributed by atoms with van der Waals surface area (Å²) in [6, 6.07) is 9.63. The molecule has 2 N–H and O–H groups in total. The number of carbonyl (C=O) groups is 3. The number of carbonyl (C=O) groups excluding carboxylic acids is 3. The number of aryl methyl sites for hydroxylation is 1. The van der Waals surface area contributed by atoms with Crippen LogP contribution in [0.1, 0.15) is 25.3 Å². The van der Waals surface area contributed by atoms with Gasteiger partial charge in [0.2, 0.25) is 11.8 Å². The van der Waals surface area contributed by atoms with Gasteiger partial charge in [0.15, 0.2) is 0 Å². The van der Waals surface area contributed by atoms with Crippen LogP contribution < -0.4 is 10.6 Å². The molecule has 1 aromatic rings. The molecule has 1 atom stereocenters. The van der Waals surface area contributed by atoms with Crippen molar-refractivity contribution >= 4 is 30.2 Å². The first-order valence-electron chi connectivity index (χ1n) is 9.08. The highest BCUT2D eigenvalue weighted by Crippen LogP contribution is 2.08. The predicted molar refractivity (Wildman–Crippen MR) is 105 cm³/mol. The van der Waals surface area contributed by atoms with Crippen molar-refractivity contribution in [3.63, 3.8) is 0 Å². The summed E-state index contributed by atoms with van der Waals surface area (Å²) in [4.78, 5) is 37.5. The molecule has 0 bridgehead atoms. The van der Waals surface area contributed by atoms with Gasteiger partial charge in [-0.15, -0.1) is 12.4 Å². The number of rotatable bonds is 9. The van der Waals surface area contributed by atoms with Crippen LogP contribution >= 0.6 is 12.4 Å². The lowest BCUT2D eigenvalue weighted by Gasteiger charge is -2.33. The summed E-state index contributed by atoms with van der Waals surface area (Å²) in [5.41, 5.74) is 1.25. The van der Waals surface area contributed by atoms with Gasteiger partial charge in [0.1, 0.15) is 6.54 Å². The summed E-state index contributed by atoms with van der Waals surface area (Å²) >= 11 is 0. The van der Waals surface area contributed by atoms with Gasteiger partial charge in [0.25, 0.3) is 0 Å². The van der Waals surface area contributed by atoms with E-state index >= 15 is 0 Å². The number of ether oxygens (including phenoxy) is 1. The second kappa shape index (κ2) is 12.3. The highest BCUT2D eigenvalue weighted by atomic mass is 35.5. The second-order valence-electron chi connectivity index (χ2n) is 6.21. The molecule has 1 aromatic carbocycles. The van der Waals surface area contributed by atoms with Crippen molar-refractivity contribution in [3.8, 4) is 0 Å². The zero-order chi connectivity index (χ0) is 18.8. The second-order valence-corrected chi connectivity index (χ2v) is 6.21. The molecule has 1 fully saturated rings. The molecule has 7 nitrogen and oxygen atoms in total. The molecule has 0 aliphatic carbocycles. The monoisotopic (exact) mass is 397 g/mol. The largest absolute Gasteiger partial charge is 0.465 e. The van der Waals surface area contributed by atoms with E-state index in [0.717, 1.165) is 12.8 Å². The number of nitrogens with one attached hydrogen (secondary N) is 2. The molecule has 150 valence electrons. The number of hydrogen-bond acceptors (Lipinski definition) is 5.